The van der Waals surface area contributed by atoms with Crippen LogP contribution in [0.25, 0.3) is 0 Å². The van der Waals surface area contributed by atoms with Crippen molar-refractivity contribution in [3.05, 3.63) is 0 Å². The van der Waals surface area contributed by atoms with Gasteiger partial charge in [0.25, 0.3) is 0 Å². The second-order valence-electron chi connectivity index (χ2n) is 5.49. The minimum Gasteiger partial charge on any atom is -0.862 e. The van der Waals surface area contributed by atoms with Crippen LogP contribution in [0.5, 0.6) is 0 Å². The Morgan fingerprint density at radius 1 is 1.23 bits per heavy atom. The molecule has 2 unspecified atom stereocenters. The Labute approximate surface area is 145 Å². The maximum atomic E-state index is 11.7. The monoisotopic (exact) mass is 308 g/mol. The van der Waals surface area contributed by atoms with E-state index in [1.807, 2.05) is 0 Å². The molecule has 0 radical (unpaired) electrons. The summed E-state index contributed by atoms with van der Waals surface area (Å²) in [6.07, 6.45) is 5.09. The van der Waals surface area contributed by atoms with E-state index in [4.69, 9.17) is 5.11 Å². The Hall–Kier alpha value is -0.543. The van der Waals surface area contributed by atoms with Gasteiger partial charge < -0.3 is 15.3 Å². The van der Waals surface area contributed by atoms with Crippen molar-refractivity contribution in [2.24, 2.45) is 4.99 Å². The predicted molar refractivity (Wildman–Crippen MR) is 81.2 cm³/mol. The zero-order chi connectivity index (χ0) is 16.3. The summed E-state index contributed by atoms with van der Waals surface area (Å²) in [7, 11) is 0. The molecule has 0 aliphatic heterocycles. The third kappa shape index (κ3) is 12.0. The quantitative estimate of drug-likeness (QED) is 0.192. The second kappa shape index (κ2) is 14.1. The molecule has 0 aromatic rings. The molecule has 0 aliphatic carbocycles. The van der Waals surface area contributed by atoms with Crippen molar-refractivity contribution in [3.8, 4) is 0 Å². The summed E-state index contributed by atoms with van der Waals surface area (Å²) < 4.78 is 0. The number of nitrogens with zero attached hydrogens (tertiary/aromatic N) is 2. The molecule has 124 valence electrons. The fourth-order valence-electron chi connectivity index (χ4n) is 1.96. The number of aliphatic carboxylic acids is 1. The number of hydrogen-bond donors (Lipinski definition) is 2. The van der Waals surface area contributed by atoms with Gasteiger partial charge in [-0.25, -0.2) is 0 Å². The Bertz CT molecular complexity index is 325. The first-order valence-electron chi connectivity index (χ1n) is 7.73. The minimum absolute atomic E-state index is 0. The number of rotatable bonds is 12. The van der Waals surface area contributed by atoms with E-state index in [0.717, 1.165) is 19.3 Å². The van der Waals surface area contributed by atoms with Gasteiger partial charge in [0.05, 0.1) is 12.8 Å². The first-order valence-corrected chi connectivity index (χ1v) is 7.73. The average molecular weight is 308 g/mol. The summed E-state index contributed by atoms with van der Waals surface area (Å²) in [4.78, 5) is 16.4. The van der Waals surface area contributed by atoms with Crippen LogP contribution in [0.2, 0.25) is 0 Å². The molecule has 22 heavy (non-hydrogen) atoms. The molecular weight excluding hydrogens is 279 g/mol. The molecule has 6 nitrogen and oxygen atoms in total. The standard InChI is InChI=1S/C15H30N2O4.Li/c1-4-5-6-7-8-9-14(19)16-11-17(10-12(2)18)13(3)15(20)21;/h12-13,18H,4-11H2,1-3H3,(H,16,19)(H,20,21);/q;+1/p-1. The van der Waals surface area contributed by atoms with Crippen LogP contribution in [0, 0.1) is 0 Å². The number of hydrogen-bond acceptors (Lipinski definition) is 5. The zero-order valence-corrected chi connectivity index (χ0v) is 14.4. The smallest absolute Gasteiger partial charge is 0.862 e. The molecule has 0 bridgehead atoms. The largest absolute Gasteiger partial charge is 1.00 e. The average Bonchev–Trinajstić information content (AvgIpc) is 2.41. The maximum Gasteiger partial charge on any atom is 1.00 e. The van der Waals surface area contributed by atoms with E-state index in [-0.39, 0.29) is 38.0 Å². The normalized spacial score (nSPS) is 14.5. The van der Waals surface area contributed by atoms with Gasteiger partial charge in [-0.15, -0.1) is 0 Å². The van der Waals surface area contributed by atoms with E-state index in [2.05, 4.69) is 11.9 Å². The van der Waals surface area contributed by atoms with Crippen LogP contribution >= 0.6 is 0 Å². The number of carboxylic acids is 1. The van der Waals surface area contributed by atoms with Crippen molar-refractivity contribution >= 4 is 11.9 Å². The number of aliphatic hydroxyl groups is 1. The molecular formula is C15H29LiN2O4. The van der Waals surface area contributed by atoms with Gasteiger partial charge in [0, 0.05) is 6.54 Å². The maximum absolute atomic E-state index is 11.7. The Balaban J connectivity index is 0. The topological polar surface area (TPSA) is 96.2 Å². The molecule has 0 spiro atoms. The van der Waals surface area contributed by atoms with Crippen molar-refractivity contribution in [1.82, 2.24) is 4.90 Å². The number of unbranched alkanes of at least 4 members (excludes halogenated alkanes) is 4. The molecule has 0 rings (SSSR count). The van der Waals surface area contributed by atoms with Crippen LogP contribution in [0.4, 0.5) is 0 Å². The van der Waals surface area contributed by atoms with Gasteiger partial charge in [0.2, 0.25) is 0 Å². The van der Waals surface area contributed by atoms with Crippen LogP contribution in [-0.4, -0.2) is 52.3 Å². The molecule has 0 amide bonds. The van der Waals surface area contributed by atoms with E-state index < -0.39 is 18.1 Å². The van der Waals surface area contributed by atoms with Gasteiger partial charge in [-0.3, -0.25) is 14.7 Å². The fourth-order valence-corrected chi connectivity index (χ4v) is 1.96. The molecule has 2 atom stereocenters. The first kappa shape index (κ1) is 23.7. The molecule has 0 aliphatic rings. The molecule has 0 aromatic carbocycles. The molecule has 0 aromatic heterocycles. The molecule has 0 saturated heterocycles. The molecule has 0 saturated carbocycles. The summed E-state index contributed by atoms with van der Waals surface area (Å²) in [5.74, 6) is -1.18. The predicted octanol–water partition coefficient (Wildman–Crippen LogP) is -1.78. The first-order chi connectivity index (χ1) is 9.88. The van der Waals surface area contributed by atoms with Crippen molar-refractivity contribution in [2.45, 2.75) is 71.4 Å². The van der Waals surface area contributed by atoms with Crippen LogP contribution < -0.4 is 24.0 Å². The summed E-state index contributed by atoms with van der Waals surface area (Å²) >= 11 is 0. The van der Waals surface area contributed by atoms with Crippen LogP contribution in [0.3, 0.4) is 0 Å². The van der Waals surface area contributed by atoms with Gasteiger partial charge in [-0.2, -0.15) is 0 Å². The van der Waals surface area contributed by atoms with E-state index in [1.165, 1.54) is 24.7 Å². The molecule has 7 heteroatoms. The molecule has 2 N–H and O–H groups in total. The van der Waals surface area contributed by atoms with Gasteiger partial charge in [-0.1, -0.05) is 32.6 Å². The van der Waals surface area contributed by atoms with E-state index >= 15 is 0 Å². The van der Waals surface area contributed by atoms with E-state index in [0.29, 0.717) is 6.42 Å². The molecule has 0 fully saturated rings. The number of aliphatic imine (C=N–C) groups is 1. The second-order valence-corrected chi connectivity index (χ2v) is 5.49. The van der Waals surface area contributed by atoms with Crippen LogP contribution in [0.15, 0.2) is 4.99 Å². The summed E-state index contributed by atoms with van der Waals surface area (Å²) in [5.41, 5.74) is 0. The van der Waals surface area contributed by atoms with Crippen LogP contribution in [-0.2, 0) is 4.79 Å². The Kier molecular flexibility index (Phi) is 15.2. The van der Waals surface area contributed by atoms with Gasteiger partial charge in [0.1, 0.15) is 6.04 Å². The molecule has 0 heterocycles. The van der Waals surface area contributed by atoms with Gasteiger partial charge in [0.15, 0.2) is 0 Å². The minimum atomic E-state index is -0.988. The third-order valence-electron chi connectivity index (χ3n) is 3.33. The fraction of sp³-hybridized carbons (Fsp3) is 0.867. The van der Waals surface area contributed by atoms with Crippen LogP contribution in [0.1, 0.15) is 59.3 Å². The SMILES string of the molecule is CCCCCCCC([O-])=NCN(CC(C)O)C(C)C(=O)O.[Li+]. The zero-order valence-electron chi connectivity index (χ0n) is 14.4. The summed E-state index contributed by atoms with van der Waals surface area (Å²) in [5, 5.41) is 30.0. The van der Waals surface area contributed by atoms with Crippen molar-refractivity contribution in [3.63, 3.8) is 0 Å². The van der Waals surface area contributed by atoms with Gasteiger partial charge in [-0.05, 0) is 32.6 Å². The summed E-state index contributed by atoms with van der Waals surface area (Å²) in [6, 6.07) is -0.777. The van der Waals surface area contributed by atoms with Crippen molar-refractivity contribution in [2.75, 3.05) is 13.2 Å². The number of carbonyl (C=O) groups is 1. The third-order valence-corrected chi connectivity index (χ3v) is 3.33. The summed E-state index contributed by atoms with van der Waals surface area (Å²) in [6.45, 7) is 5.44. The number of aliphatic hydroxyl groups excluding tert-OH is 1. The van der Waals surface area contributed by atoms with Crippen molar-refractivity contribution in [1.29, 1.82) is 0 Å². The van der Waals surface area contributed by atoms with Crippen molar-refractivity contribution < 1.29 is 39.0 Å². The Morgan fingerprint density at radius 2 is 1.82 bits per heavy atom. The number of carboxylic acid groups (broad SMARTS) is 1. The van der Waals surface area contributed by atoms with Gasteiger partial charge >= 0.3 is 24.8 Å². The van der Waals surface area contributed by atoms with E-state index in [1.54, 1.807) is 6.92 Å². The van der Waals surface area contributed by atoms with E-state index in [9.17, 15) is 15.0 Å². The Morgan fingerprint density at radius 3 is 2.32 bits per heavy atom.